The predicted octanol–water partition coefficient (Wildman–Crippen LogP) is 1.96. The van der Waals surface area contributed by atoms with Crippen molar-refractivity contribution < 1.29 is 17.6 Å². The molecule has 0 unspecified atom stereocenters. The van der Waals surface area contributed by atoms with Crippen molar-refractivity contribution >= 4 is 21.1 Å². The molecule has 7 nitrogen and oxygen atoms in total. The predicted molar refractivity (Wildman–Crippen MR) is 93.5 cm³/mol. The first-order valence-corrected chi connectivity index (χ1v) is 9.13. The van der Waals surface area contributed by atoms with E-state index in [0.717, 1.165) is 5.56 Å². The van der Waals surface area contributed by atoms with Crippen LogP contribution < -0.4 is 15.2 Å². The van der Waals surface area contributed by atoms with E-state index in [2.05, 4.69) is 9.71 Å². The summed E-state index contributed by atoms with van der Waals surface area (Å²) >= 11 is 0. The van der Waals surface area contributed by atoms with E-state index >= 15 is 0 Å². The largest absolute Gasteiger partial charge is 0.497 e. The molecule has 8 heteroatoms. The smallest absolute Gasteiger partial charge is 0.417 e. The molecule has 0 bridgehead atoms. The van der Waals surface area contributed by atoms with E-state index < -0.39 is 15.8 Å². The fourth-order valence-electron chi connectivity index (χ4n) is 2.61. The first-order valence-electron chi connectivity index (χ1n) is 7.65. The Morgan fingerprint density at radius 1 is 1.20 bits per heavy atom. The molecule has 2 aromatic carbocycles. The summed E-state index contributed by atoms with van der Waals surface area (Å²) in [5, 5.41) is 0. The van der Waals surface area contributed by atoms with Gasteiger partial charge in [0.15, 0.2) is 5.58 Å². The number of ether oxygens (including phenoxy) is 1. The van der Waals surface area contributed by atoms with Crippen LogP contribution in [0.4, 0.5) is 0 Å². The van der Waals surface area contributed by atoms with Crippen molar-refractivity contribution in [2.45, 2.75) is 18.2 Å². The molecule has 0 aliphatic rings. The van der Waals surface area contributed by atoms with Crippen molar-refractivity contribution in [2.24, 2.45) is 0 Å². The fourth-order valence-corrected chi connectivity index (χ4v) is 3.87. The molecule has 1 heterocycles. The molecular weight excluding hydrogens is 344 g/mol. The van der Waals surface area contributed by atoms with Crippen LogP contribution in [0.5, 0.6) is 5.75 Å². The molecule has 1 aromatic heterocycles. The molecular formula is C17H18N2O5S. The van der Waals surface area contributed by atoms with Crippen LogP contribution in [0, 0.1) is 6.92 Å². The number of rotatable bonds is 6. The lowest BCUT2D eigenvalue weighted by Crippen LogP contribution is -2.26. The van der Waals surface area contributed by atoms with E-state index in [0.29, 0.717) is 28.8 Å². The van der Waals surface area contributed by atoms with Crippen LogP contribution in [0.3, 0.4) is 0 Å². The Kier molecular flexibility index (Phi) is 4.65. The third-order valence-corrected chi connectivity index (χ3v) is 5.48. The molecule has 0 spiro atoms. The van der Waals surface area contributed by atoms with E-state index in [1.54, 1.807) is 37.3 Å². The lowest BCUT2D eigenvalue weighted by Gasteiger charge is -2.10. The van der Waals surface area contributed by atoms with Gasteiger partial charge in [0.05, 0.1) is 17.5 Å². The molecule has 0 saturated heterocycles. The molecule has 2 N–H and O–H groups in total. The Morgan fingerprint density at radius 3 is 2.72 bits per heavy atom. The highest BCUT2D eigenvalue weighted by Gasteiger charge is 2.16. The van der Waals surface area contributed by atoms with E-state index in [1.165, 1.54) is 13.2 Å². The van der Waals surface area contributed by atoms with Crippen LogP contribution in [-0.4, -0.2) is 27.1 Å². The molecule has 0 saturated carbocycles. The van der Waals surface area contributed by atoms with Gasteiger partial charge >= 0.3 is 5.76 Å². The number of H-pyrrole nitrogens is 1. The van der Waals surface area contributed by atoms with Gasteiger partial charge < -0.3 is 9.15 Å². The molecule has 0 aliphatic carbocycles. The van der Waals surface area contributed by atoms with Crippen molar-refractivity contribution in [1.82, 2.24) is 9.71 Å². The van der Waals surface area contributed by atoms with Crippen LogP contribution in [0.1, 0.15) is 11.1 Å². The zero-order chi connectivity index (χ0) is 18.0. The second-order valence-corrected chi connectivity index (χ2v) is 7.36. The fraction of sp³-hybridized carbons (Fsp3) is 0.235. The Labute approximate surface area is 144 Å². The molecule has 0 aliphatic heterocycles. The summed E-state index contributed by atoms with van der Waals surface area (Å²) in [4.78, 5) is 14.0. The number of benzene rings is 2. The summed E-state index contributed by atoms with van der Waals surface area (Å²) in [5.41, 5.74) is 2.57. The second-order valence-electron chi connectivity index (χ2n) is 5.62. The molecule has 3 rings (SSSR count). The summed E-state index contributed by atoms with van der Waals surface area (Å²) in [6.07, 6.45) is 0.484. The lowest BCUT2D eigenvalue weighted by atomic mass is 10.1. The average Bonchev–Trinajstić information content (AvgIpc) is 2.93. The summed E-state index contributed by atoms with van der Waals surface area (Å²) in [6.45, 7) is 1.96. The SMILES string of the molecule is COc1ccc(S(=O)(=O)NCCc2ccc3oc(=O)[nH]c3c2)c(C)c1. The maximum Gasteiger partial charge on any atom is 0.417 e. The van der Waals surface area contributed by atoms with Crippen molar-refractivity contribution in [2.75, 3.05) is 13.7 Å². The topological polar surface area (TPSA) is 101 Å². The van der Waals surface area contributed by atoms with Gasteiger partial charge in [-0.05, 0) is 54.8 Å². The molecule has 25 heavy (non-hydrogen) atoms. The highest BCUT2D eigenvalue weighted by molar-refractivity contribution is 7.89. The van der Waals surface area contributed by atoms with Crippen molar-refractivity contribution in [3.05, 3.63) is 58.1 Å². The Balaban J connectivity index is 1.70. The van der Waals surface area contributed by atoms with Gasteiger partial charge in [-0.1, -0.05) is 6.07 Å². The van der Waals surface area contributed by atoms with Crippen molar-refractivity contribution in [3.8, 4) is 5.75 Å². The highest BCUT2D eigenvalue weighted by atomic mass is 32.2. The summed E-state index contributed by atoms with van der Waals surface area (Å²) in [5.74, 6) is 0.0988. The second kappa shape index (κ2) is 6.73. The van der Waals surface area contributed by atoms with Gasteiger partial charge in [0.1, 0.15) is 5.75 Å². The quantitative estimate of drug-likeness (QED) is 0.698. The van der Waals surface area contributed by atoms with Gasteiger partial charge in [-0.15, -0.1) is 0 Å². The third-order valence-electron chi connectivity index (χ3n) is 3.86. The monoisotopic (exact) mass is 362 g/mol. The molecule has 132 valence electrons. The number of fused-ring (bicyclic) bond motifs is 1. The molecule has 3 aromatic rings. The molecule has 0 radical (unpaired) electrons. The number of hydrogen-bond donors (Lipinski definition) is 2. The van der Waals surface area contributed by atoms with E-state index in [-0.39, 0.29) is 11.4 Å². The first kappa shape index (κ1) is 17.2. The Bertz CT molecular complexity index is 1070. The number of aromatic nitrogens is 1. The highest BCUT2D eigenvalue weighted by Crippen LogP contribution is 2.21. The van der Waals surface area contributed by atoms with Gasteiger partial charge in [0, 0.05) is 6.54 Å². The van der Waals surface area contributed by atoms with Gasteiger partial charge in [-0.2, -0.15) is 0 Å². The van der Waals surface area contributed by atoms with Gasteiger partial charge in [0.25, 0.3) is 0 Å². The summed E-state index contributed by atoms with van der Waals surface area (Å²) in [7, 11) is -2.07. The number of oxazole rings is 1. The van der Waals surface area contributed by atoms with Gasteiger partial charge in [0.2, 0.25) is 10.0 Å². The minimum absolute atomic E-state index is 0.225. The minimum Gasteiger partial charge on any atom is -0.497 e. The first-order chi connectivity index (χ1) is 11.9. The number of aryl methyl sites for hydroxylation is 1. The minimum atomic E-state index is -3.61. The van der Waals surface area contributed by atoms with Crippen LogP contribution in [0.2, 0.25) is 0 Å². The zero-order valence-electron chi connectivity index (χ0n) is 13.8. The van der Waals surface area contributed by atoms with Crippen molar-refractivity contribution in [1.29, 1.82) is 0 Å². The zero-order valence-corrected chi connectivity index (χ0v) is 14.6. The van der Waals surface area contributed by atoms with Crippen LogP contribution in [-0.2, 0) is 16.4 Å². The third kappa shape index (κ3) is 3.75. The normalized spacial score (nSPS) is 11.8. The Hall–Kier alpha value is -2.58. The maximum atomic E-state index is 12.4. The summed E-state index contributed by atoms with van der Waals surface area (Å²) in [6, 6.07) is 10.1. The van der Waals surface area contributed by atoms with E-state index in [9.17, 15) is 13.2 Å². The lowest BCUT2D eigenvalue weighted by molar-refractivity contribution is 0.414. The van der Waals surface area contributed by atoms with E-state index in [4.69, 9.17) is 9.15 Å². The molecule has 0 fully saturated rings. The maximum absolute atomic E-state index is 12.4. The number of aromatic amines is 1. The number of sulfonamides is 1. The molecule has 0 atom stereocenters. The van der Waals surface area contributed by atoms with Crippen LogP contribution in [0.15, 0.2) is 50.5 Å². The van der Waals surface area contributed by atoms with Gasteiger partial charge in [-0.3, -0.25) is 4.98 Å². The number of nitrogens with one attached hydrogen (secondary N) is 2. The van der Waals surface area contributed by atoms with Gasteiger partial charge in [-0.25, -0.2) is 17.9 Å². The van der Waals surface area contributed by atoms with E-state index in [1.807, 2.05) is 0 Å². The van der Waals surface area contributed by atoms with Crippen LogP contribution >= 0.6 is 0 Å². The molecule has 0 amide bonds. The average molecular weight is 362 g/mol. The van der Waals surface area contributed by atoms with Crippen LogP contribution in [0.25, 0.3) is 11.1 Å². The van der Waals surface area contributed by atoms with Crippen molar-refractivity contribution in [3.63, 3.8) is 0 Å². The number of methoxy groups -OCH3 is 1. The number of hydrogen-bond acceptors (Lipinski definition) is 5. The Morgan fingerprint density at radius 2 is 2.00 bits per heavy atom. The standard InChI is InChI=1S/C17H18N2O5S/c1-11-9-13(23-2)4-6-16(11)25(21,22)18-8-7-12-3-5-15-14(10-12)19-17(20)24-15/h3-6,9-10,18H,7-8H2,1-2H3,(H,19,20). The summed E-state index contributed by atoms with van der Waals surface area (Å²) < 4.78 is 37.5.